The molecule has 2 aliphatic heterocycles. The van der Waals surface area contributed by atoms with Crippen LogP contribution in [0.2, 0.25) is 0 Å². The molecule has 5 N–H and O–H groups in total. The van der Waals surface area contributed by atoms with Crippen LogP contribution >= 0.6 is 21.6 Å². The van der Waals surface area contributed by atoms with Crippen molar-refractivity contribution in [2.75, 3.05) is 38.9 Å². The first-order chi connectivity index (χ1) is 21.8. The van der Waals surface area contributed by atoms with Crippen molar-refractivity contribution in [3.05, 3.63) is 52.6 Å². The summed E-state index contributed by atoms with van der Waals surface area (Å²) in [5, 5.41) is 54.1. The average Bonchev–Trinajstić information content (AvgIpc) is 3.04. The minimum atomic E-state index is -1.06. The number of phenols is 3. The number of hydrogen-bond donors (Lipinski definition) is 5. The van der Waals surface area contributed by atoms with Crippen LogP contribution in [0.1, 0.15) is 66.4 Å². The van der Waals surface area contributed by atoms with Crippen LogP contribution in [0.3, 0.4) is 0 Å². The number of rotatable bonds is 6. The van der Waals surface area contributed by atoms with Gasteiger partial charge in [-0.15, -0.1) is 0 Å². The lowest BCUT2D eigenvalue weighted by Crippen LogP contribution is -2.37. The van der Waals surface area contributed by atoms with Crippen molar-refractivity contribution in [3.8, 4) is 51.4 Å². The number of ether oxygens (including phenoxy) is 4. The number of fused-ring (bicyclic) bond motifs is 4. The van der Waals surface area contributed by atoms with Gasteiger partial charge in [-0.1, -0.05) is 41.0 Å². The number of methoxy groups -OCH3 is 2. The number of benzene rings is 3. The molecule has 0 amide bonds. The maximum atomic E-state index is 12.1. The number of aliphatic hydroxyl groups is 2. The lowest BCUT2D eigenvalue weighted by Gasteiger charge is -2.41. The fourth-order valence-corrected chi connectivity index (χ4v) is 9.58. The fraction of sp³-hybridized carbons (Fsp3) is 0.471. The van der Waals surface area contributed by atoms with E-state index in [0.717, 1.165) is 52.8 Å². The molecular formula is C34H40O9S2. The third-order valence-corrected chi connectivity index (χ3v) is 11.8. The smallest absolute Gasteiger partial charge is 0.207 e. The first-order valence-corrected chi connectivity index (χ1v) is 17.8. The molecule has 0 aromatic heterocycles. The van der Waals surface area contributed by atoms with Crippen molar-refractivity contribution in [2.24, 2.45) is 5.92 Å². The third-order valence-electron chi connectivity index (χ3n) is 9.28. The SMILES string of the molecule is COc1cc([C@@H]2Oc3cc(OCCO)c4c5c3[C@H](CSSCC[C@H](C)CC[C@H](C5)c3cc(O)ccc3-4)[C@H]2O)c(O)c(OC)c1O. The van der Waals surface area contributed by atoms with Gasteiger partial charge in [0.1, 0.15) is 30.0 Å². The number of phenolic OH excluding ortho intramolecular Hbond substituents is 3. The Morgan fingerprint density at radius 1 is 0.933 bits per heavy atom. The van der Waals surface area contributed by atoms with Crippen LogP contribution in [-0.2, 0) is 6.42 Å². The van der Waals surface area contributed by atoms with Gasteiger partial charge < -0.3 is 44.5 Å². The Hall–Kier alpha value is -3.12. The Labute approximate surface area is 270 Å². The summed E-state index contributed by atoms with van der Waals surface area (Å²) in [7, 11) is 6.25. The highest BCUT2D eigenvalue weighted by molar-refractivity contribution is 8.76. The van der Waals surface area contributed by atoms with E-state index in [9.17, 15) is 25.5 Å². The highest BCUT2D eigenvalue weighted by atomic mass is 33.1. The number of aromatic hydroxyl groups is 3. The van der Waals surface area contributed by atoms with E-state index in [2.05, 4.69) is 6.92 Å². The van der Waals surface area contributed by atoms with E-state index in [1.54, 1.807) is 27.7 Å². The predicted molar refractivity (Wildman–Crippen MR) is 175 cm³/mol. The van der Waals surface area contributed by atoms with Gasteiger partial charge in [-0.25, -0.2) is 0 Å². The zero-order valence-electron chi connectivity index (χ0n) is 25.6. The summed E-state index contributed by atoms with van der Waals surface area (Å²) in [6.45, 7) is 2.20. The summed E-state index contributed by atoms with van der Waals surface area (Å²) in [5.41, 5.74) is 5.11. The van der Waals surface area contributed by atoms with Gasteiger partial charge in [0.15, 0.2) is 17.6 Å². The fourth-order valence-electron chi connectivity index (χ4n) is 6.99. The third kappa shape index (κ3) is 5.84. The highest BCUT2D eigenvalue weighted by Gasteiger charge is 2.44. The molecule has 45 heavy (non-hydrogen) atoms. The minimum Gasteiger partial charge on any atom is -0.508 e. The lowest BCUT2D eigenvalue weighted by molar-refractivity contribution is 0.00293. The molecule has 3 aromatic rings. The van der Waals surface area contributed by atoms with Crippen LogP contribution in [0, 0.1) is 5.92 Å². The van der Waals surface area contributed by atoms with E-state index in [0.29, 0.717) is 29.6 Å². The summed E-state index contributed by atoms with van der Waals surface area (Å²) >= 11 is 0. The first-order valence-electron chi connectivity index (χ1n) is 15.3. The molecule has 9 nitrogen and oxygen atoms in total. The van der Waals surface area contributed by atoms with Crippen molar-refractivity contribution in [1.82, 2.24) is 0 Å². The monoisotopic (exact) mass is 656 g/mol. The van der Waals surface area contributed by atoms with E-state index in [4.69, 9.17) is 18.9 Å². The molecule has 242 valence electrons. The zero-order chi connectivity index (χ0) is 31.8. The van der Waals surface area contributed by atoms with Crippen LogP contribution in [0.15, 0.2) is 30.3 Å². The second kappa shape index (κ2) is 13.3. The normalized spacial score (nSPS) is 24.2. The molecule has 1 aliphatic carbocycles. The Morgan fingerprint density at radius 3 is 2.51 bits per heavy atom. The molecule has 2 bridgehead atoms. The maximum absolute atomic E-state index is 12.1. The van der Waals surface area contributed by atoms with Crippen LogP contribution < -0.4 is 18.9 Å². The van der Waals surface area contributed by atoms with Crippen LogP contribution in [-0.4, -0.2) is 70.6 Å². The van der Waals surface area contributed by atoms with E-state index >= 15 is 0 Å². The lowest BCUT2D eigenvalue weighted by atomic mass is 9.71. The van der Waals surface area contributed by atoms with Gasteiger partial charge in [0.2, 0.25) is 11.5 Å². The van der Waals surface area contributed by atoms with Gasteiger partial charge in [0.05, 0.1) is 20.8 Å². The van der Waals surface area contributed by atoms with Gasteiger partial charge in [0, 0.05) is 40.2 Å². The average molecular weight is 657 g/mol. The molecule has 11 heteroatoms. The van der Waals surface area contributed by atoms with Crippen LogP contribution in [0.5, 0.6) is 40.2 Å². The summed E-state index contributed by atoms with van der Waals surface area (Å²) in [6, 6.07) is 8.77. The van der Waals surface area contributed by atoms with Crippen molar-refractivity contribution < 1.29 is 44.5 Å². The summed E-state index contributed by atoms with van der Waals surface area (Å²) in [6.07, 6.45) is 1.69. The van der Waals surface area contributed by atoms with Gasteiger partial charge in [-0.3, -0.25) is 0 Å². The van der Waals surface area contributed by atoms with Crippen molar-refractivity contribution >= 4 is 21.6 Å². The van der Waals surface area contributed by atoms with E-state index in [1.165, 1.54) is 20.3 Å². The summed E-state index contributed by atoms with van der Waals surface area (Å²) in [4.78, 5) is 0. The Bertz CT molecular complexity index is 1560. The Morgan fingerprint density at radius 2 is 1.76 bits per heavy atom. The van der Waals surface area contributed by atoms with Crippen LogP contribution in [0.25, 0.3) is 11.1 Å². The summed E-state index contributed by atoms with van der Waals surface area (Å²) in [5.74, 6) is 2.41. The van der Waals surface area contributed by atoms with Crippen molar-refractivity contribution in [2.45, 2.75) is 56.7 Å². The number of aliphatic hydroxyl groups excluding tert-OH is 2. The van der Waals surface area contributed by atoms with E-state index in [-0.39, 0.29) is 59.4 Å². The first kappa shape index (κ1) is 31.8. The molecule has 3 aliphatic rings. The molecule has 0 fully saturated rings. The summed E-state index contributed by atoms with van der Waals surface area (Å²) < 4.78 is 23.4. The van der Waals surface area contributed by atoms with Gasteiger partial charge >= 0.3 is 0 Å². The minimum absolute atomic E-state index is 0.0781. The van der Waals surface area contributed by atoms with E-state index in [1.807, 2.05) is 18.2 Å². The Kier molecular flexibility index (Phi) is 9.42. The molecule has 0 spiro atoms. The van der Waals surface area contributed by atoms with Gasteiger partial charge in [-0.05, 0) is 66.0 Å². The molecule has 0 radical (unpaired) electrons. The molecule has 6 rings (SSSR count). The molecule has 0 saturated heterocycles. The van der Waals surface area contributed by atoms with Gasteiger partial charge in [-0.2, -0.15) is 0 Å². The molecular weight excluding hydrogens is 616 g/mol. The van der Waals surface area contributed by atoms with E-state index < -0.39 is 12.2 Å². The highest BCUT2D eigenvalue weighted by Crippen LogP contribution is 2.57. The molecule has 0 saturated carbocycles. The van der Waals surface area contributed by atoms with Crippen molar-refractivity contribution in [1.29, 1.82) is 0 Å². The zero-order valence-corrected chi connectivity index (χ0v) is 27.2. The maximum Gasteiger partial charge on any atom is 0.207 e. The largest absolute Gasteiger partial charge is 0.508 e. The molecule has 2 heterocycles. The standard InChI is InChI=1S/C34H40O9S2/c1-17-4-5-18-12-22-28(20-7-6-19(36)13-21(18)20)25(42-10-9-35)15-26-29(22)24(16-45-44-11-8-17)31(38)33(43-26)23-14-27(40-2)32(39)34(41-3)30(23)37/h6-7,13-15,17-18,24,31,33,35-39H,4-5,8-12,16H2,1-3H3/t17-,18-,24+,31-,33+/m1/s1. The van der Waals surface area contributed by atoms with Crippen molar-refractivity contribution in [3.63, 3.8) is 0 Å². The number of hydrogen-bond acceptors (Lipinski definition) is 11. The Balaban J connectivity index is 1.57. The molecule has 0 unspecified atom stereocenters. The topological polar surface area (TPSA) is 138 Å². The second-order valence-corrected chi connectivity index (χ2v) is 14.6. The predicted octanol–water partition coefficient (Wildman–Crippen LogP) is 6.28. The molecule has 3 aromatic carbocycles. The van der Waals surface area contributed by atoms with Crippen LogP contribution in [0.4, 0.5) is 0 Å². The quantitative estimate of drug-likeness (QED) is 0.192. The van der Waals surface area contributed by atoms with Gasteiger partial charge in [0.25, 0.3) is 0 Å². The molecule has 5 atom stereocenters. The second-order valence-electron chi connectivity index (χ2n) is 12.0.